The van der Waals surface area contributed by atoms with Crippen molar-refractivity contribution in [3.8, 4) is 0 Å². The molecule has 1 nitrogen and oxygen atoms in total. The summed E-state index contributed by atoms with van der Waals surface area (Å²) in [5.74, 6) is 0.469. The van der Waals surface area contributed by atoms with Crippen molar-refractivity contribution in [2.75, 3.05) is 0 Å². The van der Waals surface area contributed by atoms with E-state index >= 15 is 0 Å². The molecule has 1 unspecified atom stereocenters. The van der Waals surface area contributed by atoms with Crippen LogP contribution in [0, 0.1) is 11.3 Å². The van der Waals surface area contributed by atoms with Crippen LogP contribution >= 0.6 is 0 Å². The van der Waals surface area contributed by atoms with Gasteiger partial charge in [-0.05, 0) is 62.4 Å². The number of aliphatic hydroxyl groups is 1. The zero-order chi connectivity index (χ0) is 14.8. The van der Waals surface area contributed by atoms with Gasteiger partial charge in [0.25, 0.3) is 0 Å². The first-order valence-electron chi connectivity index (χ1n) is 8.51. The highest BCUT2D eigenvalue weighted by Gasteiger charge is 2.35. The lowest BCUT2D eigenvalue weighted by atomic mass is 9.72. The summed E-state index contributed by atoms with van der Waals surface area (Å²) in [4.78, 5) is 0. The molecule has 1 heteroatoms. The fraction of sp³-hybridized carbons (Fsp3) is 0.789. The first-order valence-corrected chi connectivity index (χ1v) is 8.51. The highest BCUT2D eigenvalue weighted by molar-refractivity contribution is 5.34. The van der Waals surface area contributed by atoms with E-state index in [9.17, 15) is 5.11 Å². The van der Waals surface area contributed by atoms with Crippen LogP contribution in [0.1, 0.15) is 79.1 Å². The van der Waals surface area contributed by atoms with Crippen LogP contribution in [0.15, 0.2) is 23.3 Å². The van der Waals surface area contributed by atoms with Crippen molar-refractivity contribution in [3.63, 3.8) is 0 Å². The molecule has 0 aromatic heterocycles. The van der Waals surface area contributed by atoms with Crippen LogP contribution in [0.2, 0.25) is 0 Å². The van der Waals surface area contributed by atoms with Gasteiger partial charge in [-0.2, -0.15) is 0 Å². The lowest BCUT2D eigenvalue weighted by Crippen LogP contribution is -2.33. The molecule has 20 heavy (non-hydrogen) atoms. The molecule has 0 amide bonds. The van der Waals surface area contributed by atoms with E-state index in [0.717, 1.165) is 6.42 Å². The summed E-state index contributed by atoms with van der Waals surface area (Å²) < 4.78 is 0. The first-order chi connectivity index (χ1) is 9.39. The topological polar surface area (TPSA) is 20.2 Å². The molecule has 1 saturated carbocycles. The summed E-state index contributed by atoms with van der Waals surface area (Å²) in [6, 6.07) is 0. The van der Waals surface area contributed by atoms with Gasteiger partial charge >= 0.3 is 0 Å². The number of rotatable bonds is 4. The highest BCUT2D eigenvalue weighted by atomic mass is 16.3. The molecule has 114 valence electrons. The summed E-state index contributed by atoms with van der Waals surface area (Å²) >= 11 is 0. The summed E-state index contributed by atoms with van der Waals surface area (Å²) in [6.07, 6.45) is 14.0. The first kappa shape index (κ1) is 15.8. The second-order valence-electron chi connectivity index (χ2n) is 7.59. The van der Waals surface area contributed by atoms with Crippen LogP contribution in [0.25, 0.3) is 0 Å². The molecule has 1 fully saturated rings. The lowest BCUT2D eigenvalue weighted by molar-refractivity contribution is 0.0268. The Morgan fingerprint density at radius 3 is 2.45 bits per heavy atom. The molecular weight excluding hydrogens is 244 g/mol. The van der Waals surface area contributed by atoms with Crippen LogP contribution in [0.3, 0.4) is 0 Å². The van der Waals surface area contributed by atoms with E-state index in [2.05, 4.69) is 39.8 Å². The summed E-state index contributed by atoms with van der Waals surface area (Å²) in [6.45, 7) is 9.07. The van der Waals surface area contributed by atoms with Crippen molar-refractivity contribution in [1.29, 1.82) is 0 Å². The van der Waals surface area contributed by atoms with Crippen LogP contribution in [0.4, 0.5) is 0 Å². The monoisotopic (exact) mass is 276 g/mol. The van der Waals surface area contributed by atoms with Gasteiger partial charge in [-0.25, -0.2) is 0 Å². The highest BCUT2D eigenvalue weighted by Crippen LogP contribution is 2.42. The van der Waals surface area contributed by atoms with E-state index in [4.69, 9.17) is 0 Å². The molecule has 0 spiro atoms. The predicted molar refractivity (Wildman–Crippen MR) is 86.7 cm³/mol. The SMILES string of the molecule is CCC(O)(/C=C/C1=C(C)CCCC1(C)C)C1CCCC1. The summed E-state index contributed by atoms with van der Waals surface area (Å²) in [7, 11) is 0. The molecular formula is C19H32O. The second kappa shape index (κ2) is 6.05. The molecule has 0 bridgehead atoms. The Balaban J connectivity index is 2.21. The van der Waals surface area contributed by atoms with Gasteiger partial charge in [-0.15, -0.1) is 0 Å². The van der Waals surface area contributed by atoms with Gasteiger partial charge in [0.15, 0.2) is 0 Å². The molecule has 0 saturated heterocycles. The Bertz CT molecular complexity index is 396. The molecule has 1 N–H and O–H groups in total. The number of hydrogen-bond donors (Lipinski definition) is 1. The van der Waals surface area contributed by atoms with Gasteiger partial charge in [0, 0.05) is 0 Å². The number of hydrogen-bond acceptors (Lipinski definition) is 1. The van der Waals surface area contributed by atoms with E-state index < -0.39 is 5.60 Å². The van der Waals surface area contributed by atoms with Crippen LogP contribution in [-0.4, -0.2) is 10.7 Å². The Morgan fingerprint density at radius 1 is 1.25 bits per heavy atom. The number of allylic oxidation sites excluding steroid dienone is 3. The molecule has 2 aliphatic rings. The van der Waals surface area contributed by atoms with Gasteiger partial charge < -0.3 is 5.11 Å². The van der Waals surface area contributed by atoms with E-state index in [-0.39, 0.29) is 5.41 Å². The zero-order valence-corrected chi connectivity index (χ0v) is 13.8. The average molecular weight is 276 g/mol. The molecule has 0 aliphatic heterocycles. The molecule has 0 radical (unpaired) electrons. The third-order valence-corrected chi connectivity index (χ3v) is 5.71. The minimum Gasteiger partial charge on any atom is -0.386 e. The van der Waals surface area contributed by atoms with Crippen molar-refractivity contribution in [2.24, 2.45) is 11.3 Å². The van der Waals surface area contributed by atoms with Crippen LogP contribution < -0.4 is 0 Å². The molecule has 2 aliphatic carbocycles. The molecule has 0 aromatic rings. The molecule has 0 heterocycles. The Kier molecular flexibility index (Phi) is 4.79. The van der Waals surface area contributed by atoms with Crippen molar-refractivity contribution in [2.45, 2.75) is 84.7 Å². The van der Waals surface area contributed by atoms with Crippen molar-refractivity contribution in [3.05, 3.63) is 23.3 Å². The molecule has 1 atom stereocenters. The predicted octanol–water partition coefficient (Wildman–Crippen LogP) is 5.40. The maximum Gasteiger partial charge on any atom is 0.0856 e. The molecule has 0 aromatic carbocycles. The Hall–Kier alpha value is -0.560. The van der Waals surface area contributed by atoms with E-state index in [1.165, 1.54) is 56.1 Å². The molecule has 2 rings (SSSR count). The van der Waals surface area contributed by atoms with Crippen LogP contribution in [0.5, 0.6) is 0 Å². The van der Waals surface area contributed by atoms with Gasteiger partial charge in [0.1, 0.15) is 0 Å². The zero-order valence-electron chi connectivity index (χ0n) is 13.8. The third kappa shape index (κ3) is 3.19. The Labute approximate surface area is 125 Å². The quantitative estimate of drug-likeness (QED) is 0.729. The minimum atomic E-state index is -0.586. The third-order valence-electron chi connectivity index (χ3n) is 5.71. The average Bonchev–Trinajstić information content (AvgIpc) is 2.91. The van der Waals surface area contributed by atoms with E-state index in [1.807, 2.05) is 0 Å². The van der Waals surface area contributed by atoms with E-state index in [0.29, 0.717) is 5.92 Å². The van der Waals surface area contributed by atoms with E-state index in [1.54, 1.807) is 0 Å². The summed E-state index contributed by atoms with van der Waals surface area (Å²) in [5.41, 5.74) is 2.66. The van der Waals surface area contributed by atoms with Gasteiger partial charge in [0.2, 0.25) is 0 Å². The van der Waals surface area contributed by atoms with Gasteiger partial charge in [-0.1, -0.05) is 51.3 Å². The lowest BCUT2D eigenvalue weighted by Gasteiger charge is -2.35. The van der Waals surface area contributed by atoms with Crippen molar-refractivity contribution >= 4 is 0 Å². The fourth-order valence-electron chi connectivity index (χ4n) is 4.21. The van der Waals surface area contributed by atoms with Crippen LogP contribution in [-0.2, 0) is 0 Å². The van der Waals surface area contributed by atoms with Crippen molar-refractivity contribution in [1.82, 2.24) is 0 Å². The normalized spacial score (nSPS) is 27.2. The van der Waals surface area contributed by atoms with Gasteiger partial charge in [-0.3, -0.25) is 0 Å². The smallest absolute Gasteiger partial charge is 0.0856 e. The standard InChI is InChI=1S/C19H32O/c1-5-19(20,16-10-6-7-11-16)14-12-17-15(2)9-8-13-18(17,3)4/h12,14,16,20H,5-11,13H2,1-4H3/b14-12+. The maximum atomic E-state index is 11.0. The maximum absolute atomic E-state index is 11.0. The second-order valence-corrected chi connectivity index (χ2v) is 7.59. The summed E-state index contributed by atoms with van der Waals surface area (Å²) in [5, 5.41) is 11.0. The fourth-order valence-corrected chi connectivity index (χ4v) is 4.21. The minimum absolute atomic E-state index is 0.267. The van der Waals surface area contributed by atoms with Crippen molar-refractivity contribution < 1.29 is 5.11 Å². The van der Waals surface area contributed by atoms with Gasteiger partial charge in [0.05, 0.1) is 5.60 Å². The Morgan fingerprint density at radius 2 is 1.90 bits per heavy atom. The largest absolute Gasteiger partial charge is 0.386 e.